The lowest BCUT2D eigenvalue weighted by molar-refractivity contribution is -0.116. The van der Waals surface area contributed by atoms with Gasteiger partial charge in [-0.3, -0.25) is 9.59 Å². The maximum atomic E-state index is 13.4. The van der Waals surface area contributed by atoms with Crippen molar-refractivity contribution >= 4 is 45.0 Å². The number of hydrogen-bond donors (Lipinski definition) is 1. The summed E-state index contributed by atoms with van der Waals surface area (Å²) >= 11 is 9.08. The van der Waals surface area contributed by atoms with Gasteiger partial charge < -0.3 is 10.2 Å². The standard InChI is InChI=1S/C16H13BrClFN2O2/c1-21(16(23)10-6-11(17)8-12(19)7-10)9-15(22)20-14-5-3-2-4-13(14)18/h2-8H,9H2,1H3,(H,20,22). The van der Waals surface area contributed by atoms with Crippen LogP contribution in [0.4, 0.5) is 10.1 Å². The molecule has 1 N–H and O–H groups in total. The van der Waals surface area contributed by atoms with Gasteiger partial charge >= 0.3 is 0 Å². The smallest absolute Gasteiger partial charge is 0.254 e. The Morgan fingerprint density at radius 1 is 1.26 bits per heavy atom. The van der Waals surface area contributed by atoms with Crippen LogP contribution in [0.15, 0.2) is 46.9 Å². The molecule has 0 unspecified atom stereocenters. The van der Waals surface area contributed by atoms with E-state index in [0.29, 0.717) is 15.2 Å². The summed E-state index contributed by atoms with van der Waals surface area (Å²) in [5, 5.41) is 3.03. The van der Waals surface area contributed by atoms with E-state index >= 15 is 0 Å². The van der Waals surface area contributed by atoms with Gasteiger partial charge in [-0.15, -0.1) is 0 Å². The molecule has 0 aromatic heterocycles. The van der Waals surface area contributed by atoms with Crippen molar-refractivity contribution in [3.05, 3.63) is 63.3 Å². The second-order valence-electron chi connectivity index (χ2n) is 4.85. The van der Waals surface area contributed by atoms with Crippen LogP contribution in [0.25, 0.3) is 0 Å². The van der Waals surface area contributed by atoms with Crippen LogP contribution in [0.2, 0.25) is 5.02 Å². The second kappa shape index (κ2) is 7.57. The number of likely N-dealkylation sites (N-methyl/N-ethyl adjacent to an activating group) is 1. The average molecular weight is 400 g/mol. The normalized spacial score (nSPS) is 10.3. The molecule has 2 aromatic rings. The first-order chi connectivity index (χ1) is 10.9. The predicted octanol–water partition coefficient (Wildman–Crippen LogP) is 3.95. The Labute approximate surface area is 146 Å². The van der Waals surface area contributed by atoms with Crippen molar-refractivity contribution in [1.82, 2.24) is 4.90 Å². The van der Waals surface area contributed by atoms with Crippen molar-refractivity contribution in [2.24, 2.45) is 0 Å². The number of hydrogen-bond acceptors (Lipinski definition) is 2. The maximum Gasteiger partial charge on any atom is 0.254 e. The van der Waals surface area contributed by atoms with Gasteiger partial charge in [0.25, 0.3) is 5.91 Å². The molecular weight excluding hydrogens is 387 g/mol. The predicted molar refractivity (Wildman–Crippen MR) is 91.1 cm³/mol. The lowest BCUT2D eigenvalue weighted by atomic mass is 10.2. The molecule has 0 saturated carbocycles. The van der Waals surface area contributed by atoms with Gasteiger partial charge in [0.1, 0.15) is 5.82 Å². The highest BCUT2D eigenvalue weighted by atomic mass is 79.9. The Kier molecular flexibility index (Phi) is 5.74. The summed E-state index contributed by atoms with van der Waals surface area (Å²) in [6.07, 6.45) is 0. The van der Waals surface area contributed by atoms with E-state index in [1.54, 1.807) is 24.3 Å². The van der Waals surface area contributed by atoms with Crippen LogP contribution in [0.3, 0.4) is 0 Å². The van der Waals surface area contributed by atoms with Gasteiger partial charge in [0.2, 0.25) is 5.91 Å². The van der Waals surface area contributed by atoms with Gasteiger partial charge in [-0.05, 0) is 30.3 Å². The fourth-order valence-corrected chi connectivity index (χ4v) is 2.59. The van der Waals surface area contributed by atoms with Gasteiger partial charge in [-0.1, -0.05) is 39.7 Å². The number of nitrogens with zero attached hydrogens (tertiary/aromatic N) is 1. The first kappa shape index (κ1) is 17.4. The Balaban J connectivity index is 2.03. The van der Waals surface area contributed by atoms with E-state index in [4.69, 9.17) is 11.6 Å². The molecule has 0 atom stereocenters. The Hall–Kier alpha value is -1.92. The molecule has 2 aromatic carbocycles. The van der Waals surface area contributed by atoms with Crippen molar-refractivity contribution in [3.8, 4) is 0 Å². The van der Waals surface area contributed by atoms with Gasteiger partial charge in [0, 0.05) is 17.1 Å². The minimum Gasteiger partial charge on any atom is -0.332 e. The van der Waals surface area contributed by atoms with E-state index in [9.17, 15) is 14.0 Å². The van der Waals surface area contributed by atoms with E-state index in [-0.39, 0.29) is 12.1 Å². The number of para-hydroxylation sites is 1. The van der Waals surface area contributed by atoms with E-state index in [2.05, 4.69) is 21.2 Å². The molecule has 0 radical (unpaired) electrons. The first-order valence-electron chi connectivity index (χ1n) is 6.63. The zero-order valence-corrected chi connectivity index (χ0v) is 14.5. The Bertz CT molecular complexity index is 734. The van der Waals surface area contributed by atoms with Crippen molar-refractivity contribution in [3.63, 3.8) is 0 Å². The van der Waals surface area contributed by atoms with Crippen molar-refractivity contribution in [1.29, 1.82) is 0 Å². The molecule has 0 fully saturated rings. The van der Waals surface area contributed by atoms with Crippen LogP contribution in [0.1, 0.15) is 10.4 Å². The average Bonchev–Trinajstić information content (AvgIpc) is 2.47. The molecule has 0 spiro atoms. The molecule has 0 aliphatic heterocycles. The molecule has 0 aliphatic rings. The largest absolute Gasteiger partial charge is 0.332 e. The number of rotatable bonds is 4. The fraction of sp³-hybridized carbons (Fsp3) is 0.125. The molecular formula is C16H13BrClFN2O2. The van der Waals surface area contributed by atoms with Gasteiger partial charge in [0.05, 0.1) is 17.3 Å². The minimum atomic E-state index is -0.531. The Morgan fingerprint density at radius 2 is 1.96 bits per heavy atom. The Morgan fingerprint density at radius 3 is 2.61 bits per heavy atom. The number of carbonyl (C=O) groups is 2. The molecule has 2 amide bonds. The lowest BCUT2D eigenvalue weighted by Gasteiger charge is -2.17. The van der Waals surface area contributed by atoms with Crippen LogP contribution in [0, 0.1) is 5.82 Å². The number of halogens is 3. The van der Waals surface area contributed by atoms with Crippen LogP contribution in [-0.2, 0) is 4.79 Å². The van der Waals surface area contributed by atoms with E-state index in [1.807, 2.05) is 0 Å². The van der Waals surface area contributed by atoms with Gasteiger partial charge in [-0.25, -0.2) is 4.39 Å². The summed E-state index contributed by atoms with van der Waals surface area (Å²) in [6, 6.07) is 10.7. The number of benzene rings is 2. The fourth-order valence-electron chi connectivity index (χ4n) is 1.94. The highest BCUT2D eigenvalue weighted by molar-refractivity contribution is 9.10. The molecule has 0 aliphatic carbocycles. The molecule has 2 rings (SSSR count). The third-order valence-electron chi connectivity index (χ3n) is 2.98. The SMILES string of the molecule is CN(CC(=O)Nc1ccccc1Cl)C(=O)c1cc(F)cc(Br)c1. The van der Waals surface area contributed by atoms with E-state index in [0.717, 1.165) is 6.07 Å². The topological polar surface area (TPSA) is 49.4 Å². The monoisotopic (exact) mass is 398 g/mol. The molecule has 7 heteroatoms. The third-order valence-corrected chi connectivity index (χ3v) is 3.77. The molecule has 23 heavy (non-hydrogen) atoms. The van der Waals surface area contributed by atoms with Crippen LogP contribution >= 0.6 is 27.5 Å². The maximum absolute atomic E-state index is 13.4. The number of amides is 2. The number of anilines is 1. The van der Waals surface area contributed by atoms with Crippen LogP contribution < -0.4 is 5.32 Å². The van der Waals surface area contributed by atoms with Crippen molar-refractivity contribution in [2.75, 3.05) is 18.9 Å². The molecule has 4 nitrogen and oxygen atoms in total. The molecule has 0 heterocycles. The number of nitrogens with one attached hydrogen (secondary N) is 1. The summed E-state index contributed by atoms with van der Waals surface area (Å²) in [5.74, 6) is -1.39. The summed E-state index contributed by atoms with van der Waals surface area (Å²) in [5.41, 5.74) is 0.624. The highest BCUT2D eigenvalue weighted by Gasteiger charge is 2.16. The van der Waals surface area contributed by atoms with E-state index in [1.165, 1.54) is 24.1 Å². The zero-order chi connectivity index (χ0) is 17.0. The summed E-state index contributed by atoms with van der Waals surface area (Å²) < 4.78 is 13.8. The van der Waals surface area contributed by atoms with Gasteiger partial charge in [0.15, 0.2) is 0 Å². The highest BCUT2D eigenvalue weighted by Crippen LogP contribution is 2.20. The van der Waals surface area contributed by atoms with Crippen molar-refractivity contribution in [2.45, 2.75) is 0 Å². The summed E-state index contributed by atoms with van der Waals surface area (Å²) in [7, 11) is 1.47. The molecule has 0 saturated heterocycles. The van der Waals surface area contributed by atoms with E-state index < -0.39 is 17.6 Å². The zero-order valence-electron chi connectivity index (χ0n) is 12.1. The summed E-state index contributed by atoms with van der Waals surface area (Å²) in [6.45, 7) is -0.182. The molecule has 120 valence electrons. The number of carbonyl (C=O) groups excluding carboxylic acids is 2. The first-order valence-corrected chi connectivity index (χ1v) is 7.80. The minimum absolute atomic E-state index is 0.157. The lowest BCUT2D eigenvalue weighted by Crippen LogP contribution is -2.35. The second-order valence-corrected chi connectivity index (χ2v) is 6.17. The third kappa shape index (κ3) is 4.77. The summed E-state index contributed by atoms with van der Waals surface area (Å²) in [4.78, 5) is 25.4. The van der Waals surface area contributed by atoms with Crippen molar-refractivity contribution < 1.29 is 14.0 Å². The van der Waals surface area contributed by atoms with Crippen LogP contribution in [0.5, 0.6) is 0 Å². The quantitative estimate of drug-likeness (QED) is 0.846. The van der Waals surface area contributed by atoms with Gasteiger partial charge in [-0.2, -0.15) is 0 Å². The molecule has 0 bridgehead atoms. The van der Waals surface area contributed by atoms with Crippen LogP contribution in [-0.4, -0.2) is 30.3 Å².